The van der Waals surface area contributed by atoms with Crippen LogP contribution in [0.25, 0.3) is 0 Å². The van der Waals surface area contributed by atoms with Crippen molar-refractivity contribution in [3.05, 3.63) is 35.9 Å². The van der Waals surface area contributed by atoms with Crippen LogP contribution in [0.15, 0.2) is 30.3 Å². The van der Waals surface area contributed by atoms with Gasteiger partial charge in [0.1, 0.15) is 0 Å². The van der Waals surface area contributed by atoms with E-state index in [1.54, 1.807) is 11.8 Å². The molecule has 0 aromatic heterocycles. The number of carbonyl (C=O) groups is 2. The summed E-state index contributed by atoms with van der Waals surface area (Å²) in [6.07, 6.45) is 3.30. The highest BCUT2D eigenvalue weighted by atomic mass is 16.2. The second-order valence-corrected chi connectivity index (χ2v) is 5.20. The van der Waals surface area contributed by atoms with E-state index in [4.69, 9.17) is 0 Å². The maximum absolute atomic E-state index is 11.8. The average Bonchev–Trinajstić information content (AvgIpc) is 2.49. The molecule has 4 heteroatoms. The third-order valence-electron chi connectivity index (χ3n) is 3.41. The molecule has 116 valence electrons. The zero-order chi connectivity index (χ0) is 15.5. The Morgan fingerprint density at radius 1 is 1.14 bits per heavy atom. The van der Waals surface area contributed by atoms with E-state index in [0.29, 0.717) is 19.5 Å². The van der Waals surface area contributed by atoms with E-state index in [9.17, 15) is 9.59 Å². The Labute approximate surface area is 127 Å². The number of unbranched alkanes of at least 4 members (excludes halogenated alkanes) is 1. The average molecular weight is 290 g/mol. The summed E-state index contributed by atoms with van der Waals surface area (Å²) >= 11 is 0. The zero-order valence-corrected chi connectivity index (χ0v) is 13.1. The van der Waals surface area contributed by atoms with Crippen molar-refractivity contribution < 1.29 is 9.59 Å². The largest absolute Gasteiger partial charge is 0.354 e. The van der Waals surface area contributed by atoms with Gasteiger partial charge in [0, 0.05) is 33.0 Å². The van der Waals surface area contributed by atoms with Gasteiger partial charge in [0.25, 0.3) is 0 Å². The molecule has 0 saturated carbocycles. The van der Waals surface area contributed by atoms with Crippen LogP contribution in [0.2, 0.25) is 0 Å². The fourth-order valence-electron chi connectivity index (χ4n) is 2.10. The molecule has 4 nitrogen and oxygen atoms in total. The molecule has 0 bridgehead atoms. The van der Waals surface area contributed by atoms with E-state index in [-0.39, 0.29) is 11.8 Å². The molecular weight excluding hydrogens is 264 g/mol. The second kappa shape index (κ2) is 9.97. The van der Waals surface area contributed by atoms with Gasteiger partial charge in [-0.05, 0) is 18.4 Å². The van der Waals surface area contributed by atoms with E-state index in [0.717, 1.165) is 25.8 Å². The van der Waals surface area contributed by atoms with Crippen LogP contribution in [0.1, 0.15) is 38.7 Å². The lowest BCUT2D eigenvalue weighted by Gasteiger charge is -2.20. The minimum atomic E-state index is 0.0397. The maximum atomic E-state index is 11.8. The molecule has 1 rings (SSSR count). The van der Waals surface area contributed by atoms with E-state index in [1.165, 1.54) is 5.56 Å². The number of hydrogen-bond acceptors (Lipinski definition) is 2. The topological polar surface area (TPSA) is 49.4 Å². The summed E-state index contributed by atoms with van der Waals surface area (Å²) in [6, 6.07) is 9.97. The molecule has 0 unspecified atom stereocenters. The third kappa shape index (κ3) is 7.49. The minimum Gasteiger partial charge on any atom is -0.354 e. The van der Waals surface area contributed by atoms with E-state index in [2.05, 4.69) is 12.2 Å². The normalized spacial score (nSPS) is 10.2. The first-order valence-corrected chi connectivity index (χ1v) is 7.69. The number of rotatable bonds is 9. The molecule has 0 fully saturated rings. The standard InChI is InChI=1S/C17H26N2O2/c1-3-4-13-19(15(2)20)14-12-18-17(21)11-10-16-8-6-5-7-9-16/h5-9H,3-4,10-14H2,1-2H3,(H,18,21). The molecular formula is C17H26N2O2. The molecule has 1 N–H and O–H groups in total. The van der Waals surface area contributed by atoms with Gasteiger partial charge in [0.2, 0.25) is 11.8 Å². The van der Waals surface area contributed by atoms with Crippen molar-refractivity contribution in [1.29, 1.82) is 0 Å². The van der Waals surface area contributed by atoms with Crippen molar-refractivity contribution in [3.8, 4) is 0 Å². The fourth-order valence-corrected chi connectivity index (χ4v) is 2.10. The molecule has 0 aliphatic heterocycles. The number of nitrogens with zero attached hydrogens (tertiary/aromatic N) is 1. The second-order valence-electron chi connectivity index (χ2n) is 5.20. The lowest BCUT2D eigenvalue weighted by Crippen LogP contribution is -2.38. The summed E-state index contributed by atoms with van der Waals surface area (Å²) in [5.41, 5.74) is 1.17. The number of nitrogens with one attached hydrogen (secondary N) is 1. The summed E-state index contributed by atoms with van der Waals surface area (Å²) < 4.78 is 0. The number of amides is 2. The van der Waals surface area contributed by atoms with Crippen molar-refractivity contribution in [2.24, 2.45) is 0 Å². The van der Waals surface area contributed by atoms with Crippen LogP contribution in [0, 0.1) is 0 Å². The van der Waals surface area contributed by atoms with Crippen LogP contribution < -0.4 is 5.32 Å². The summed E-state index contributed by atoms with van der Waals surface area (Å²) in [7, 11) is 0. The quantitative estimate of drug-likeness (QED) is 0.759. The Bertz CT molecular complexity index is 432. The van der Waals surface area contributed by atoms with Crippen molar-refractivity contribution in [2.75, 3.05) is 19.6 Å². The lowest BCUT2D eigenvalue weighted by atomic mass is 10.1. The van der Waals surface area contributed by atoms with Crippen molar-refractivity contribution in [3.63, 3.8) is 0 Å². The highest BCUT2D eigenvalue weighted by Gasteiger charge is 2.08. The van der Waals surface area contributed by atoms with Gasteiger partial charge in [0.05, 0.1) is 0 Å². The van der Waals surface area contributed by atoms with Crippen molar-refractivity contribution in [2.45, 2.75) is 39.5 Å². The monoisotopic (exact) mass is 290 g/mol. The maximum Gasteiger partial charge on any atom is 0.220 e. The molecule has 2 amide bonds. The molecule has 21 heavy (non-hydrogen) atoms. The molecule has 0 saturated heterocycles. The number of hydrogen-bond donors (Lipinski definition) is 1. The minimum absolute atomic E-state index is 0.0397. The highest BCUT2D eigenvalue weighted by Crippen LogP contribution is 2.02. The SMILES string of the molecule is CCCCN(CCNC(=O)CCc1ccccc1)C(C)=O. The van der Waals surface area contributed by atoms with Crippen molar-refractivity contribution in [1.82, 2.24) is 10.2 Å². The van der Waals surface area contributed by atoms with E-state index < -0.39 is 0 Å². The van der Waals surface area contributed by atoms with Crippen LogP contribution >= 0.6 is 0 Å². The number of carbonyl (C=O) groups excluding carboxylic acids is 2. The smallest absolute Gasteiger partial charge is 0.220 e. The van der Waals surface area contributed by atoms with Gasteiger partial charge >= 0.3 is 0 Å². The van der Waals surface area contributed by atoms with E-state index >= 15 is 0 Å². The molecule has 0 heterocycles. The van der Waals surface area contributed by atoms with Crippen LogP contribution in [0.4, 0.5) is 0 Å². The summed E-state index contributed by atoms with van der Waals surface area (Å²) in [6.45, 7) is 5.56. The molecule has 0 spiro atoms. The van der Waals surface area contributed by atoms with Gasteiger partial charge in [-0.25, -0.2) is 0 Å². The predicted molar refractivity (Wildman–Crippen MR) is 84.9 cm³/mol. The first kappa shape index (κ1) is 17.2. The number of aryl methyl sites for hydroxylation is 1. The Kier molecular flexibility index (Phi) is 8.17. The van der Waals surface area contributed by atoms with Gasteiger partial charge in [0.15, 0.2) is 0 Å². The van der Waals surface area contributed by atoms with Crippen LogP contribution in [0.3, 0.4) is 0 Å². The molecule has 0 aliphatic carbocycles. The zero-order valence-electron chi connectivity index (χ0n) is 13.1. The lowest BCUT2D eigenvalue weighted by molar-refractivity contribution is -0.129. The highest BCUT2D eigenvalue weighted by molar-refractivity contribution is 5.76. The van der Waals surface area contributed by atoms with Crippen LogP contribution in [0.5, 0.6) is 0 Å². The Hall–Kier alpha value is -1.84. The van der Waals surface area contributed by atoms with Crippen LogP contribution in [-0.4, -0.2) is 36.3 Å². The Morgan fingerprint density at radius 3 is 2.48 bits per heavy atom. The molecule has 0 aliphatic rings. The summed E-state index contributed by atoms with van der Waals surface area (Å²) in [4.78, 5) is 25.0. The molecule has 1 aromatic carbocycles. The van der Waals surface area contributed by atoms with Gasteiger partial charge in [-0.3, -0.25) is 9.59 Å². The van der Waals surface area contributed by atoms with Crippen molar-refractivity contribution >= 4 is 11.8 Å². The molecule has 0 radical (unpaired) electrons. The third-order valence-corrected chi connectivity index (χ3v) is 3.41. The van der Waals surface area contributed by atoms with Crippen LogP contribution in [-0.2, 0) is 16.0 Å². The molecule has 1 aromatic rings. The van der Waals surface area contributed by atoms with Gasteiger partial charge < -0.3 is 10.2 Å². The Balaban J connectivity index is 2.21. The fraction of sp³-hybridized carbons (Fsp3) is 0.529. The van der Waals surface area contributed by atoms with E-state index in [1.807, 2.05) is 30.3 Å². The summed E-state index contributed by atoms with van der Waals surface area (Å²) in [5, 5.41) is 2.88. The predicted octanol–water partition coefficient (Wildman–Crippen LogP) is 2.38. The number of benzene rings is 1. The van der Waals surface area contributed by atoms with Gasteiger partial charge in [-0.2, -0.15) is 0 Å². The molecule has 0 atom stereocenters. The van der Waals surface area contributed by atoms with Gasteiger partial charge in [-0.15, -0.1) is 0 Å². The summed E-state index contributed by atoms with van der Waals surface area (Å²) in [5.74, 6) is 0.111. The first-order valence-electron chi connectivity index (χ1n) is 7.69. The van der Waals surface area contributed by atoms with Gasteiger partial charge in [-0.1, -0.05) is 43.7 Å². The Morgan fingerprint density at radius 2 is 1.86 bits per heavy atom. The first-order chi connectivity index (χ1) is 10.1.